The highest BCUT2D eigenvalue weighted by Crippen LogP contribution is 2.35. The highest BCUT2D eigenvalue weighted by molar-refractivity contribution is 5.79. The summed E-state index contributed by atoms with van der Waals surface area (Å²) in [6.45, 7) is 0. The fourth-order valence-electron chi connectivity index (χ4n) is 3.07. The van der Waals surface area contributed by atoms with Gasteiger partial charge in [-0.15, -0.1) is 0 Å². The zero-order chi connectivity index (χ0) is 12.4. The Balaban J connectivity index is 1.96. The van der Waals surface area contributed by atoms with Crippen molar-refractivity contribution in [3.63, 3.8) is 0 Å². The summed E-state index contributed by atoms with van der Waals surface area (Å²) in [5.74, 6) is 6.42. The van der Waals surface area contributed by atoms with Crippen LogP contribution in [0.15, 0.2) is 36.5 Å². The predicted molar refractivity (Wildman–Crippen MR) is 73.8 cm³/mol. The molecule has 0 bridgehead atoms. The molecule has 1 aromatic heterocycles. The van der Waals surface area contributed by atoms with Gasteiger partial charge in [-0.1, -0.05) is 31.0 Å². The molecule has 1 aromatic carbocycles. The summed E-state index contributed by atoms with van der Waals surface area (Å²) < 4.78 is 0. The minimum atomic E-state index is 0.263. The Labute approximate surface area is 107 Å². The van der Waals surface area contributed by atoms with E-state index in [0.29, 0.717) is 5.92 Å². The third-order valence-electron chi connectivity index (χ3n) is 4.04. The van der Waals surface area contributed by atoms with E-state index >= 15 is 0 Å². The number of nitrogens with two attached hydrogens (primary N) is 1. The lowest BCUT2D eigenvalue weighted by atomic mass is 9.91. The lowest BCUT2D eigenvalue weighted by Gasteiger charge is -2.23. The SMILES string of the molecule is NNC(c1ccc2cccnc2c1)C1CCCC1. The third-order valence-corrected chi connectivity index (χ3v) is 4.04. The van der Waals surface area contributed by atoms with Crippen LogP contribution >= 0.6 is 0 Å². The van der Waals surface area contributed by atoms with E-state index in [0.717, 1.165) is 5.52 Å². The molecule has 0 aliphatic heterocycles. The fourth-order valence-corrected chi connectivity index (χ4v) is 3.07. The van der Waals surface area contributed by atoms with E-state index < -0.39 is 0 Å². The molecule has 3 N–H and O–H groups in total. The van der Waals surface area contributed by atoms with Crippen LogP contribution in [0.25, 0.3) is 10.9 Å². The van der Waals surface area contributed by atoms with Crippen LogP contribution in [0.2, 0.25) is 0 Å². The molecule has 1 unspecified atom stereocenters. The first-order valence-electron chi connectivity index (χ1n) is 6.69. The summed E-state index contributed by atoms with van der Waals surface area (Å²) in [6.07, 6.45) is 7.04. The van der Waals surface area contributed by atoms with Gasteiger partial charge in [0.25, 0.3) is 0 Å². The van der Waals surface area contributed by atoms with Gasteiger partial charge in [-0.25, -0.2) is 0 Å². The van der Waals surface area contributed by atoms with Gasteiger partial charge in [-0.3, -0.25) is 16.3 Å². The molecular weight excluding hydrogens is 222 g/mol. The fraction of sp³-hybridized carbons (Fsp3) is 0.400. The quantitative estimate of drug-likeness (QED) is 0.641. The van der Waals surface area contributed by atoms with Crippen molar-refractivity contribution in [1.29, 1.82) is 0 Å². The molecule has 2 aromatic rings. The first-order valence-corrected chi connectivity index (χ1v) is 6.69. The molecule has 3 rings (SSSR count). The Bertz CT molecular complexity index is 532. The summed E-state index contributed by atoms with van der Waals surface area (Å²) in [5.41, 5.74) is 5.31. The number of nitrogens with one attached hydrogen (secondary N) is 1. The molecule has 1 saturated carbocycles. The summed E-state index contributed by atoms with van der Waals surface area (Å²) in [6, 6.07) is 10.8. The summed E-state index contributed by atoms with van der Waals surface area (Å²) >= 11 is 0. The van der Waals surface area contributed by atoms with Gasteiger partial charge < -0.3 is 0 Å². The van der Waals surface area contributed by atoms with Gasteiger partial charge in [0.05, 0.1) is 5.52 Å². The third kappa shape index (κ3) is 2.11. The molecule has 1 fully saturated rings. The van der Waals surface area contributed by atoms with Crippen LogP contribution < -0.4 is 11.3 Å². The van der Waals surface area contributed by atoms with Gasteiger partial charge in [0.1, 0.15) is 0 Å². The van der Waals surface area contributed by atoms with Crippen molar-refractivity contribution in [2.75, 3.05) is 0 Å². The molecule has 1 aliphatic rings. The normalized spacial score (nSPS) is 18.3. The maximum atomic E-state index is 5.76. The van der Waals surface area contributed by atoms with Crippen LogP contribution in [0.4, 0.5) is 0 Å². The van der Waals surface area contributed by atoms with Gasteiger partial charge in [0.2, 0.25) is 0 Å². The van der Waals surface area contributed by atoms with Crippen LogP contribution in [0.3, 0.4) is 0 Å². The van der Waals surface area contributed by atoms with E-state index in [1.807, 2.05) is 12.3 Å². The molecule has 1 atom stereocenters. The van der Waals surface area contributed by atoms with Crippen molar-refractivity contribution >= 4 is 10.9 Å². The van der Waals surface area contributed by atoms with Gasteiger partial charge >= 0.3 is 0 Å². The van der Waals surface area contributed by atoms with Gasteiger partial charge in [-0.2, -0.15) is 0 Å². The number of fused-ring (bicyclic) bond motifs is 1. The zero-order valence-corrected chi connectivity index (χ0v) is 10.5. The monoisotopic (exact) mass is 241 g/mol. The number of hydrogen-bond acceptors (Lipinski definition) is 3. The van der Waals surface area contributed by atoms with Gasteiger partial charge in [0, 0.05) is 17.6 Å². The first-order chi connectivity index (χ1) is 8.88. The maximum Gasteiger partial charge on any atom is 0.0705 e. The Hall–Kier alpha value is -1.45. The molecule has 0 amide bonds. The minimum absolute atomic E-state index is 0.263. The van der Waals surface area contributed by atoms with E-state index in [1.54, 1.807) is 0 Å². The van der Waals surface area contributed by atoms with Crippen molar-refractivity contribution in [1.82, 2.24) is 10.4 Å². The number of hydrazine groups is 1. The second-order valence-corrected chi connectivity index (χ2v) is 5.14. The van der Waals surface area contributed by atoms with E-state index in [-0.39, 0.29) is 6.04 Å². The summed E-state index contributed by atoms with van der Waals surface area (Å²) in [7, 11) is 0. The molecule has 0 saturated heterocycles. The number of rotatable bonds is 3. The van der Waals surface area contributed by atoms with Crippen molar-refractivity contribution in [2.45, 2.75) is 31.7 Å². The molecule has 3 nitrogen and oxygen atoms in total. The smallest absolute Gasteiger partial charge is 0.0705 e. The zero-order valence-electron chi connectivity index (χ0n) is 10.5. The van der Waals surface area contributed by atoms with E-state index in [9.17, 15) is 0 Å². The Morgan fingerprint density at radius 3 is 2.83 bits per heavy atom. The molecule has 94 valence electrons. The Morgan fingerprint density at radius 1 is 1.22 bits per heavy atom. The molecule has 18 heavy (non-hydrogen) atoms. The topological polar surface area (TPSA) is 50.9 Å². The second kappa shape index (κ2) is 5.04. The van der Waals surface area contributed by atoms with Crippen LogP contribution in [0, 0.1) is 5.92 Å². The van der Waals surface area contributed by atoms with Crippen molar-refractivity contribution in [3.05, 3.63) is 42.1 Å². The van der Waals surface area contributed by atoms with E-state index in [2.05, 4.69) is 34.7 Å². The van der Waals surface area contributed by atoms with E-state index in [4.69, 9.17) is 5.84 Å². The maximum absolute atomic E-state index is 5.76. The largest absolute Gasteiger partial charge is 0.271 e. The van der Waals surface area contributed by atoms with Gasteiger partial charge in [-0.05, 0) is 36.5 Å². The number of pyridine rings is 1. The standard InChI is InChI=1S/C15H19N3/c16-18-15(12-4-1-2-5-12)13-8-7-11-6-3-9-17-14(11)10-13/h3,6-10,12,15,18H,1-2,4-5,16H2. The average molecular weight is 241 g/mol. The van der Waals surface area contributed by atoms with Gasteiger partial charge in [0.15, 0.2) is 0 Å². The Morgan fingerprint density at radius 2 is 2.06 bits per heavy atom. The average Bonchev–Trinajstić information content (AvgIpc) is 2.93. The van der Waals surface area contributed by atoms with Crippen LogP contribution in [0.1, 0.15) is 37.3 Å². The molecule has 1 aliphatic carbocycles. The van der Waals surface area contributed by atoms with Crippen molar-refractivity contribution in [2.24, 2.45) is 11.8 Å². The van der Waals surface area contributed by atoms with E-state index in [1.165, 1.54) is 36.6 Å². The van der Waals surface area contributed by atoms with Crippen LogP contribution in [0.5, 0.6) is 0 Å². The molecule has 3 heteroatoms. The lowest BCUT2D eigenvalue weighted by Crippen LogP contribution is -2.32. The Kier molecular flexibility index (Phi) is 3.26. The minimum Gasteiger partial charge on any atom is -0.271 e. The highest BCUT2D eigenvalue weighted by Gasteiger charge is 2.25. The summed E-state index contributed by atoms with van der Waals surface area (Å²) in [5, 5.41) is 1.18. The lowest BCUT2D eigenvalue weighted by molar-refractivity contribution is 0.374. The first kappa shape index (κ1) is 11.6. The summed E-state index contributed by atoms with van der Waals surface area (Å²) in [4.78, 5) is 4.42. The molecular formula is C15H19N3. The molecule has 0 spiro atoms. The van der Waals surface area contributed by atoms with Crippen molar-refractivity contribution < 1.29 is 0 Å². The highest BCUT2D eigenvalue weighted by atomic mass is 15.2. The molecule has 1 heterocycles. The predicted octanol–water partition coefficient (Wildman–Crippen LogP) is 2.93. The number of benzene rings is 1. The molecule has 0 radical (unpaired) electrons. The second-order valence-electron chi connectivity index (χ2n) is 5.14. The van der Waals surface area contributed by atoms with Crippen LogP contribution in [-0.4, -0.2) is 4.98 Å². The number of aromatic nitrogens is 1. The number of hydrogen-bond donors (Lipinski definition) is 2. The van der Waals surface area contributed by atoms with Crippen molar-refractivity contribution in [3.8, 4) is 0 Å². The number of nitrogens with zero attached hydrogens (tertiary/aromatic N) is 1. The van der Waals surface area contributed by atoms with Crippen LogP contribution in [-0.2, 0) is 0 Å².